The van der Waals surface area contributed by atoms with Gasteiger partial charge < -0.3 is 14.8 Å². The van der Waals surface area contributed by atoms with Crippen LogP contribution in [-0.2, 0) is 4.74 Å². The van der Waals surface area contributed by atoms with E-state index in [1.54, 1.807) is 7.11 Å². The number of hydrogen-bond acceptors (Lipinski definition) is 3. The highest BCUT2D eigenvalue weighted by molar-refractivity contribution is 5.25. The van der Waals surface area contributed by atoms with Crippen LogP contribution in [0.15, 0.2) is 18.2 Å². The molecular formula is C12H17F2NO2. The minimum absolute atomic E-state index is 0.0485. The predicted molar refractivity (Wildman–Crippen MR) is 61.2 cm³/mol. The van der Waals surface area contributed by atoms with Gasteiger partial charge in [-0.2, -0.15) is 4.39 Å². The van der Waals surface area contributed by atoms with Gasteiger partial charge in [0.2, 0.25) is 5.82 Å². The monoisotopic (exact) mass is 245 g/mol. The summed E-state index contributed by atoms with van der Waals surface area (Å²) in [6.45, 7) is 3.38. The van der Waals surface area contributed by atoms with Crippen molar-refractivity contribution in [2.45, 2.75) is 13.0 Å². The molecule has 0 radical (unpaired) electrons. The number of rotatable bonds is 7. The van der Waals surface area contributed by atoms with E-state index >= 15 is 0 Å². The molecule has 3 nitrogen and oxygen atoms in total. The first-order valence-electron chi connectivity index (χ1n) is 5.48. The summed E-state index contributed by atoms with van der Waals surface area (Å²) >= 11 is 0. The topological polar surface area (TPSA) is 30.5 Å². The maximum Gasteiger partial charge on any atom is 0.200 e. The summed E-state index contributed by atoms with van der Waals surface area (Å²) < 4.78 is 36.4. The van der Waals surface area contributed by atoms with Gasteiger partial charge in [0, 0.05) is 7.11 Å². The number of methoxy groups -OCH3 is 1. The number of hydrogen-bond donors (Lipinski definition) is 1. The zero-order valence-corrected chi connectivity index (χ0v) is 10.0. The van der Waals surface area contributed by atoms with Crippen molar-refractivity contribution >= 4 is 0 Å². The predicted octanol–water partition coefficient (Wildman–Crippen LogP) is 1.97. The summed E-state index contributed by atoms with van der Waals surface area (Å²) in [4.78, 5) is 0. The van der Waals surface area contributed by atoms with Crippen LogP contribution >= 0.6 is 0 Å². The van der Waals surface area contributed by atoms with Crippen LogP contribution in [0.2, 0.25) is 0 Å². The maximum atomic E-state index is 13.3. The van der Waals surface area contributed by atoms with Crippen LogP contribution in [0.3, 0.4) is 0 Å². The first-order chi connectivity index (χ1) is 8.19. The number of nitrogens with one attached hydrogen (secondary N) is 1. The standard InChI is InChI=1S/C12H17F2NO2/c1-3-15-9(7-16-2)8-17-11-6-4-5-10(13)12(11)14/h4-6,9,15H,3,7-8H2,1-2H3. The molecule has 0 heterocycles. The summed E-state index contributed by atoms with van der Waals surface area (Å²) in [6, 6.07) is 3.81. The molecule has 1 unspecified atom stereocenters. The SMILES string of the molecule is CCNC(COC)COc1cccc(F)c1F. The zero-order chi connectivity index (χ0) is 12.7. The summed E-state index contributed by atoms with van der Waals surface area (Å²) in [5.41, 5.74) is 0. The Hall–Kier alpha value is -1.20. The Labute approximate surface area is 99.7 Å². The van der Waals surface area contributed by atoms with Crippen LogP contribution in [0.5, 0.6) is 5.75 Å². The normalized spacial score (nSPS) is 12.5. The third-order valence-electron chi connectivity index (χ3n) is 2.22. The Bertz CT molecular complexity index is 341. The molecule has 0 aromatic heterocycles. The molecular weight excluding hydrogens is 228 g/mol. The number of halogens is 2. The van der Waals surface area contributed by atoms with E-state index in [2.05, 4.69) is 5.32 Å². The van der Waals surface area contributed by atoms with Gasteiger partial charge in [0.05, 0.1) is 12.6 Å². The summed E-state index contributed by atoms with van der Waals surface area (Å²) in [5.74, 6) is -1.95. The van der Waals surface area contributed by atoms with Crippen molar-refractivity contribution in [3.63, 3.8) is 0 Å². The summed E-state index contributed by atoms with van der Waals surface area (Å²) in [7, 11) is 1.58. The molecule has 1 aromatic rings. The largest absolute Gasteiger partial charge is 0.489 e. The molecule has 1 N–H and O–H groups in total. The molecule has 1 rings (SSSR count). The second-order valence-corrected chi connectivity index (χ2v) is 3.57. The first kappa shape index (κ1) is 13.9. The molecule has 0 saturated carbocycles. The number of likely N-dealkylation sites (N-methyl/N-ethyl adjacent to an activating group) is 1. The van der Waals surface area contributed by atoms with Crippen molar-refractivity contribution in [2.24, 2.45) is 0 Å². The molecule has 0 aliphatic rings. The Kier molecular flexibility index (Phi) is 5.86. The van der Waals surface area contributed by atoms with Gasteiger partial charge in [-0.05, 0) is 18.7 Å². The van der Waals surface area contributed by atoms with E-state index in [0.29, 0.717) is 6.61 Å². The van der Waals surface area contributed by atoms with Gasteiger partial charge in [0.15, 0.2) is 11.6 Å². The lowest BCUT2D eigenvalue weighted by molar-refractivity contribution is 0.135. The lowest BCUT2D eigenvalue weighted by Crippen LogP contribution is -2.38. The van der Waals surface area contributed by atoms with E-state index in [0.717, 1.165) is 12.6 Å². The average Bonchev–Trinajstić information content (AvgIpc) is 2.31. The van der Waals surface area contributed by atoms with Crippen molar-refractivity contribution in [2.75, 3.05) is 26.9 Å². The van der Waals surface area contributed by atoms with Gasteiger partial charge in [-0.15, -0.1) is 0 Å². The van der Waals surface area contributed by atoms with Crippen LogP contribution < -0.4 is 10.1 Å². The molecule has 5 heteroatoms. The van der Waals surface area contributed by atoms with E-state index in [1.807, 2.05) is 6.92 Å². The van der Waals surface area contributed by atoms with Crippen molar-refractivity contribution in [3.8, 4) is 5.75 Å². The van der Waals surface area contributed by atoms with Crippen molar-refractivity contribution in [3.05, 3.63) is 29.8 Å². The maximum absolute atomic E-state index is 13.3. The Balaban J connectivity index is 2.55. The highest BCUT2D eigenvalue weighted by Crippen LogP contribution is 2.19. The lowest BCUT2D eigenvalue weighted by atomic mass is 10.3. The van der Waals surface area contributed by atoms with Gasteiger partial charge in [0.1, 0.15) is 6.61 Å². The third kappa shape index (κ3) is 4.28. The quantitative estimate of drug-likeness (QED) is 0.796. The van der Waals surface area contributed by atoms with Gasteiger partial charge in [0.25, 0.3) is 0 Å². The minimum atomic E-state index is -0.958. The second-order valence-electron chi connectivity index (χ2n) is 3.57. The fourth-order valence-corrected chi connectivity index (χ4v) is 1.44. The first-order valence-corrected chi connectivity index (χ1v) is 5.48. The highest BCUT2D eigenvalue weighted by Gasteiger charge is 2.12. The Morgan fingerprint density at radius 1 is 1.29 bits per heavy atom. The number of benzene rings is 1. The van der Waals surface area contributed by atoms with E-state index in [1.165, 1.54) is 12.1 Å². The van der Waals surface area contributed by atoms with E-state index in [4.69, 9.17) is 9.47 Å². The lowest BCUT2D eigenvalue weighted by Gasteiger charge is -2.17. The molecule has 0 aliphatic carbocycles. The molecule has 96 valence electrons. The molecule has 1 aromatic carbocycles. The van der Waals surface area contributed by atoms with Gasteiger partial charge >= 0.3 is 0 Å². The van der Waals surface area contributed by atoms with Crippen molar-refractivity contribution in [1.82, 2.24) is 5.32 Å². The molecule has 0 fully saturated rings. The van der Waals surface area contributed by atoms with Crippen LogP contribution in [0.4, 0.5) is 8.78 Å². The zero-order valence-electron chi connectivity index (χ0n) is 10.0. The van der Waals surface area contributed by atoms with Gasteiger partial charge in [-0.1, -0.05) is 13.0 Å². The minimum Gasteiger partial charge on any atom is -0.489 e. The third-order valence-corrected chi connectivity index (χ3v) is 2.22. The Morgan fingerprint density at radius 3 is 2.71 bits per heavy atom. The summed E-state index contributed by atoms with van der Waals surface area (Å²) in [6.07, 6.45) is 0. The second kappa shape index (κ2) is 7.19. The van der Waals surface area contributed by atoms with Crippen LogP contribution in [0, 0.1) is 11.6 Å². The van der Waals surface area contributed by atoms with Crippen molar-refractivity contribution in [1.29, 1.82) is 0 Å². The molecule has 0 spiro atoms. The van der Waals surface area contributed by atoms with Crippen LogP contribution in [0.25, 0.3) is 0 Å². The van der Waals surface area contributed by atoms with Crippen molar-refractivity contribution < 1.29 is 18.3 Å². The molecule has 1 atom stereocenters. The number of ether oxygens (including phenoxy) is 2. The molecule has 0 amide bonds. The fourth-order valence-electron chi connectivity index (χ4n) is 1.44. The molecule has 0 aliphatic heterocycles. The van der Waals surface area contributed by atoms with Gasteiger partial charge in [-0.3, -0.25) is 0 Å². The van der Waals surface area contributed by atoms with Crippen LogP contribution in [0.1, 0.15) is 6.92 Å². The Morgan fingerprint density at radius 2 is 2.06 bits per heavy atom. The van der Waals surface area contributed by atoms with E-state index < -0.39 is 11.6 Å². The average molecular weight is 245 g/mol. The smallest absolute Gasteiger partial charge is 0.200 e. The van der Waals surface area contributed by atoms with Crippen LogP contribution in [-0.4, -0.2) is 32.9 Å². The molecule has 0 saturated heterocycles. The van der Waals surface area contributed by atoms with Gasteiger partial charge in [-0.25, -0.2) is 4.39 Å². The summed E-state index contributed by atoms with van der Waals surface area (Å²) in [5, 5.41) is 3.12. The van der Waals surface area contributed by atoms with E-state index in [9.17, 15) is 8.78 Å². The molecule has 0 bridgehead atoms. The fraction of sp³-hybridized carbons (Fsp3) is 0.500. The highest BCUT2D eigenvalue weighted by atomic mass is 19.2. The molecule has 17 heavy (non-hydrogen) atoms. The van der Waals surface area contributed by atoms with E-state index in [-0.39, 0.29) is 18.4 Å².